The highest BCUT2D eigenvalue weighted by Gasteiger charge is 2.21. The molecule has 8 heteroatoms. The van der Waals surface area contributed by atoms with Gasteiger partial charge in [-0.05, 0) is 48.7 Å². The standard InChI is InChI=1S/C19H22Cl2N2O3S/c1-3-4-5-14-6-8-17(9-7-14)22-19(24)13-23(27(2,25)26)18-11-15(20)10-16(21)12-18/h6-12H,3-5,13H2,1-2H3,(H,22,24). The molecule has 0 saturated heterocycles. The molecular weight excluding hydrogens is 407 g/mol. The molecule has 0 radical (unpaired) electrons. The Morgan fingerprint density at radius 3 is 2.19 bits per heavy atom. The van der Waals surface area contributed by atoms with Crippen LogP contribution in [0.2, 0.25) is 10.0 Å². The predicted octanol–water partition coefficient (Wildman–Crippen LogP) is 4.74. The fourth-order valence-electron chi connectivity index (χ4n) is 2.55. The number of amides is 1. The summed E-state index contributed by atoms with van der Waals surface area (Å²) < 4.78 is 25.3. The van der Waals surface area contributed by atoms with Gasteiger partial charge in [0.1, 0.15) is 6.54 Å². The van der Waals surface area contributed by atoms with Gasteiger partial charge in [0.2, 0.25) is 15.9 Å². The number of hydrogen-bond donors (Lipinski definition) is 1. The highest BCUT2D eigenvalue weighted by molar-refractivity contribution is 7.92. The lowest BCUT2D eigenvalue weighted by Crippen LogP contribution is -2.37. The molecule has 0 heterocycles. The fraction of sp³-hybridized carbons (Fsp3) is 0.316. The van der Waals surface area contributed by atoms with Crippen LogP contribution in [0.15, 0.2) is 42.5 Å². The number of nitrogens with one attached hydrogen (secondary N) is 1. The Bertz CT molecular complexity index is 879. The van der Waals surface area contributed by atoms with Crippen LogP contribution in [0.4, 0.5) is 11.4 Å². The van der Waals surface area contributed by atoms with Crippen LogP contribution < -0.4 is 9.62 Å². The zero-order valence-electron chi connectivity index (χ0n) is 15.2. The molecule has 27 heavy (non-hydrogen) atoms. The van der Waals surface area contributed by atoms with E-state index in [0.29, 0.717) is 5.69 Å². The molecule has 0 aromatic heterocycles. The van der Waals surface area contributed by atoms with Crippen molar-refractivity contribution in [2.75, 3.05) is 22.4 Å². The molecule has 0 unspecified atom stereocenters. The van der Waals surface area contributed by atoms with Crippen molar-refractivity contribution >= 4 is 50.5 Å². The summed E-state index contributed by atoms with van der Waals surface area (Å²) >= 11 is 11.9. The first-order chi connectivity index (χ1) is 12.7. The molecule has 0 spiro atoms. The lowest BCUT2D eigenvalue weighted by Gasteiger charge is -2.22. The van der Waals surface area contributed by atoms with Crippen LogP contribution in [0, 0.1) is 0 Å². The molecule has 1 N–H and O–H groups in total. The normalized spacial score (nSPS) is 11.3. The van der Waals surface area contributed by atoms with Gasteiger partial charge in [-0.15, -0.1) is 0 Å². The number of nitrogens with zero attached hydrogens (tertiary/aromatic N) is 1. The summed E-state index contributed by atoms with van der Waals surface area (Å²) in [5.41, 5.74) is 2.04. The van der Waals surface area contributed by atoms with Crippen LogP contribution in [0.5, 0.6) is 0 Å². The first-order valence-electron chi connectivity index (χ1n) is 8.51. The number of sulfonamides is 1. The first-order valence-corrected chi connectivity index (χ1v) is 11.1. The highest BCUT2D eigenvalue weighted by atomic mass is 35.5. The van der Waals surface area contributed by atoms with E-state index in [4.69, 9.17) is 23.2 Å². The number of hydrogen-bond acceptors (Lipinski definition) is 3. The number of carbonyl (C=O) groups is 1. The van der Waals surface area contributed by atoms with Gasteiger partial charge in [0.05, 0.1) is 11.9 Å². The predicted molar refractivity (Wildman–Crippen MR) is 112 cm³/mol. The first kappa shape index (κ1) is 21.5. The number of rotatable bonds is 8. The maximum atomic E-state index is 12.4. The van der Waals surface area contributed by atoms with Crippen molar-refractivity contribution in [2.24, 2.45) is 0 Å². The minimum Gasteiger partial charge on any atom is -0.325 e. The molecule has 0 aliphatic heterocycles. The van der Waals surface area contributed by atoms with Crippen molar-refractivity contribution in [1.82, 2.24) is 0 Å². The molecule has 2 rings (SSSR count). The molecular formula is C19H22Cl2N2O3S. The third-order valence-electron chi connectivity index (χ3n) is 3.88. The molecule has 1 amide bonds. The van der Waals surface area contributed by atoms with Crippen molar-refractivity contribution in [3.05, 3.63) is 58.1 Å². The second-order valence-electron chi connectivity index (χ2n) is 6.25. The van der Waals surface area contributed by atoms with E-state index >= 15 is 0 Å². The van der Waals surface area contributed by atoms with E-state index in [2.05, 4.69) is 12.2 Å². The molecule has 2 aromatic carbocycles. The van der Waals surface area contributed by atoms with E-state index in [1.54, 1.807) is 0 Å². The smallest absolute Gasteiger partial charge is 0.245 e. The zero-order chi connectivity index (χ0) is 20.0. The van der Waals surface area contributed by atoms with E-state index < -0.39 is 15.9 Å². The molecule has 0 fully saturated rings. The van der Waals surface area contributed by atoms with Crippen LogP contribution >= 0.6 is 23.2 Å². The largest absolute Gasteiger partial charge is 0.325 e. The number of benzene rings is 2. The Morgan fingerprint density at radius 1 is 1.07 bits per heavy atom. The van der Waals surface area contributed by atoms with Gasteiger partial charge in [0.15, 0.2) is 0 Å². The van der Waals surface area contributed by atoms with Gasteiger partial charge in [0, 0.05) is 15.7 Å². The maximum Gasteiger partial charge on any atom is 0.245 e. The molecule has 146 valence electrons. The van der Waals surface area contributed by atoms with Gasteiger partial charge in [-0.25, -0.2) is 8.42 Å². The molecule has 0 atom stereocenters. The summed E-state index contributed by atoms with van der Waals surface area (Å²) in [4.78, 5) is 12.4. The molecule has 5 nitrogen and oxygen atoms in total. The van der Waals surface area contributed by atoms with Crippen LogP contribution in [0.1, 0.15) is 25.3 Å². The van der Waals surface area contributed by atoms with Crippen molar-refractivity contribution < 1.29 is 13.2 Å². The summed E-state index contributed by atoms with van der Waals surface area (Å²) in [6, 6.07) is 11.9. The number of anilines is 2. The average Bonchev–Trinajstić information content (AvgIpc) is 2.57. The number of halogens is 2. The quantitative estimate of drug-likeness (QED) is 0.659. The second-order valence-corrected chi connectivity index (χ2v) is 9.03. The van der Waals surface area contributed by atoms with Crippen molar-refractivity contribution in [1.29, 1.82) is 0 Å². The van der Waals surface area contributed by atoms with Crippen LogP contribution in [-0.2, 0) is 21.2 Å². The molecule has 2 aromatic rings. The lowest BCUT2D eigenvalue weighted by molar-refractivity contribution is -0.114. The molecule has 0 aliphatic rings. The Labute approximate surface area is 170 Å². The molecule has 0 saturated carbocycles. The third-order valence-corrected chi connectivity index (χ3v) is 5.46. The Balaban J connectivity index is 2.12. The molecule has 0 aliphatic carbocycles. The Kier molecular flexibility index (Phi) is 7.53. The number of unbranched alkanes of at least 4 members (excludes halogenated alkanes) is 1. The summed E-state index contributed by atoms with van der Waals surface area (Å²) in [5, 5.41) is 3.29. The van der Waals surface area contributed by atoms with Gasteiger partial charge in [-0.1, -0.05) is 48.7 Å². The average molecular weight is 429 g/mol. The van der Waals surface area contributed by atoms with Gasteiger partial charge in [-0.2, -0.15) is 0 Å². The van der Waals surface area contributed by atoms with Gasteiger partial charge >= 0.3 is 0 Å². The summed E-state index contributed by atoms with van der Waals surface area (Å²) in [6.07, 6.45) is 4.24. The topological polar surface area (TPSA) is 66.5 Å². The fourth-order valence-corrected chi connectivity index (χ4v) is 3.90. The monoisotopic (exact) mass is 428 g/mol. The van der Waals surface area contributed by atoms with E-state index in [-0.39, 0.29) is 22.3 Å². The lowest BCUT2D eigenvalue weighted by atomic mass is 10.1. The van der Waals surface area contributed by atoms with Gasteiger partial charge < -0.3 is 5.32 Å². The highest BCUT2D eigenvalue weighted by Crippen LogP contribution is 2.27. The van der Waals surface area contributed by atoms with E-state index in [1.165, 1.54) is 23.8 Å². The second kappa shape index (κ2) is 9.44. The minimum atomic E-state index is -3.70. The summed E-state index contributed by atoms with van der Waals surface area (Å²) in [6.45, 7) is 1.75. The SMILES string of the molecule is CCCCc1ccc(NC(=O)CN(c2cc(Cl)cc(Cl)c2)S(C)(=O)=O)cc1. The minimum absolute atomic E-state index is 0.236. The van der Waals surface area contributed by atoms with E-state index in [0.717, 1.165) is 29.8 Å². The van der Waals surface area contributed by atoms with E-state index in [9.17, 15) is 13.2 Å². The summed E-state index contributed by atoms with van der Waals surface area (Å²) in [5.74, 6) is -0.460. The maximum absolute atomic E-state index is 12.4. The Morgan fingerprint density at radius 2 is 1.67 bits per heavy atom. The molecule has 0 bridgehead atoms. The van der Waals surface area contributed by atoms with Gasteiger partial charge in [0.25, 0.3) is 0 Å². The van der Waals surface area contributed by atoms with Crippen molar-refractivity contribution in [3.8, 4) is 0 Å². The Hall–Kier alpha value is -1.76. The van der Waals surface area contributed by atoms with Gasteiger partial charge in [-0.3, -0.25) is 9.10 Å². The van der Waals surface area contributed by atoms with Crippen molar-refractivity contribution in [2.45, 2.75) is 26.2 Å². The van der Waals surface area contributed by atoms with E-state index in [1.807, 2.05) is 24.3 Å². The summed E-state index contributed by atoms with van der Waals surface area (Å²) in [7, 11) is -3.70. The van der Waals surface area contributed by atoms with Crippen LogP contribution in [0.25, 0.3) is 0 Å². The van der Waals surface area contributed by atoms with Crippen LogP contribution in [-0.4, -0.2) is 27.1 Å². The third kappa shape index (κ3) is 6.72. The number of carbonyl (C=O) groups excluding carboxylic acids is 1. The van der Waals surface area contributed by atoms with Crippen LogP contribution in [0.3, 0.4) is 0 Å². The zero-order valence-corrected chi connectivity index (χ0v) is 17.5. The van der Waals surface area contributed by atoms with Crippen molar-refractivity contribution in [3.63, 3.8) is 0 Å². The number of aryl methyl sites for hydroxylation is 1.